The molecule has 0 fully saturated rings. The summed E-state index contributed by atoms with van der Waals surface area (Å²) in [6.07, 6.45) is 0.353. The van der Waals surface area contributed by atoms with E-state index in [9.17, 15) is 22.9 Å². The summed E-state index contributed by atoms with van der Waals surface area (Å²) < 4.78 is 38.1. The van der Waals surface area contributed by atoms with Crippen LogP contribution in [0.5, 0.6) is 11.5 Å². The minimum absolute atomic E-state index is 0. The number of azo groups is 1. The van der Waals surface area contributed by atoms with Gasteiger partial charge < -0.3 is 15.2 Å². The van der Waals surface area contributed by atoms with Gasteiger partial charge in [0.2, 0.25) is 0 Å². The van der Waals surface area contributed by atoms with Crippen LogP contribution in [0.15, 0.2) is 75.8 Å². The van der Waals surface area contributed by atoms with Crippen LogP contribution in [0, 0.1) is 0 Å². The number of rotatable bonds is 7. The average molecular weight is 596 g/mol. The van der Waals surface area contributed by atoms with Crippen LogP contribution in [-0.2, 0) is 16.5 Å². The Bertz CT molecular complexity index is 1710. The molecule has 0 aliphatic heterocycles. The van der Waals surface area contributed by atoms with Gasteiger partial charge in [-0.2, -0.15) is 13.5 Å². The summed E-state index contributed by atoms with van der Waals surface area (Å²) in [5.41, 5.74) is 0.348. The quantitative estimate of drug-likeness (QED) is 0.189. The summed E-state index contributed by atoms with van der Waals surface area (Å²) in [6, 6.07) is 15.1. The van der Waals surface area contributed by atoms with E-state index < -0.39 is 26.7 Å². The molecule has 0 unspecified atom stereocenters. The van der Waals surface area contributed by atoms with Gasteiger partial charge in [0.25, 0.3) is 16.0 Å². The second kappa shape index (κ2) is 12.6. The molecule has 13 heteroatoms. The molecule has 2 N–H and O–H groups in total. The van der Waals surface area contributed by atoms with Gasteiger partial charge in [-0.1, -0.05) is 60.1 Å². The number of aryl methyl sites for hydroxylation is 1. The number of hydrogen-bond donors (Lipinski definition) is 2. The van der Waals surface area contributed by atoms with Gasteiger partial charge >= 0.3 is 29.6 Å². The Morgan fingerprint density at radius 2 is 1.79 bits per heavy atom. The van der Waals surface area contributed by atoms with Gasteiger partial charge in [0.15, 0.2) is 0 Å². The van der Waals surface area contributed by atoms with Crippen molar-refractivity contribution in [3.8, 4) is 11.5 Å². The van der Waals surface area contributed by atoms with Gasteiger partial charge in [-0.15, -0.1) is 5.11 Å². The first-order chi connectivity index (χ1) is 18.0. The number of carbonyl (C=O) groups is 1. The summed E-state index contributed by atoms with van der Waals surface area (Å²) in [6.45, 7) is 1.75. The fraction of sp³-hybridized carbons (Fsp3) is 0.115. The molecule has 0 heterocycles. The molecular formula is C26H20Cl2N3NaO6S. The third-order valence-electron chi connectivity index (χ3n) is 5.67. The van der Waals surface area contributed by atoms with Crippen LogP contribution in [0.1, 0.15) is 22.8 Å². The molecule has 0 spiro atoms. The number of benzene rings is 4. The summed E-state index contributed by atoms with van der Waals surface area (Å²) in [7, 11) is -3.09. The molecule has 0 radical (unpaired) electrons. The fourth-order valence-electron chi connectivity index (χ4n) is 3.74. The van der Waals surface area contributed by atoms with Crippen LogP contribution in [-0.4, -0.2) is 26.0 Å². The minimum Gasteiger partial charge on any atom is -0.870 e. The molecule has 0 saturated carbocycles. The molecule has 4 rings (SSSR count). The van der Waals surface area contributed by atoms with Crippen LogP contribution in [0.2, 0.25) is 10.0 Å². The Labute approximate surface area is 256 Å². The molecule has 9 nitrogen and oxygen atoms in total. The van der Waals surface area contributed by atoms with E-state index in [1.165, 1.54) is 25.3 Å². The number of anilines is 1. The van der Waals surface area contributed by atoms with E-state index in [1.54, 1.807) is 43.3 Å². The number of nitrogens with one attached hydrogen (secondary N) is 1. The minimum atomic E-state index is -4.55. The molecule has 4 aromatic rings. The molecule has 196 valence electrons. The zero-order valence-corrected chi connectivity index (χ0v) is 25.4. The van der Waals surface area contributed by atoms with E-state index in [4.69, 9.17) is 27.9 Å². The van der Waals surface area contributed by atoms with Crippen LogP contribution >= 0.6 is 23.2 Å². The molecule has 0 atom stereocenters. The monoisotopic (exact) mass is 595 g/mol. The zero-order valence-electron chi connectivity index (χ0n) is 21.0. The number of fused-ring (bicyclic) bond motifs is 1. The number of ether oxygens (including phenoxy) is 1. The SMILES string of the molecule is CCc1cc(S(=O)(=O)O)cc(N=Nc2c([O-])c(C(=O)Nc3ccc(OC)c(Cl)c3)cc3ccccc23)c1Cl.[Na+]. The van der Waals surface area contributed by atoms with Gasteiger partial charge in [0.05, 0.1) is 27.7 Å². The normalized spacial score (nSPS) is 11.4. The van der Waals surface area contributed by atoms with Crippen LogP contribution in [0.25, 0.3) is 10.8 Å². The Hall–Kier alpha value is -2.70. The second-order valence-corrected chi connectivity index (χ2v) is 10.3. The van der Waals surface area contributed by atoms with Crippen molar-refractivity contribution in [2.45, 2.75) is 18.2 Å². The van der Waals surface area contributed by atoms with E-state index in [-0.39, 0.29) is 56.5 Å². The van der Waals surface area contributed by atoms with Crippen molar-refractivity contribution in [2.75, 3.05) is 12.4 Å². The van der Waals surface area contributed by atoms with E-state index in [2.05, 4.69) is 15.5 Å². The zero-order chi connectivity index (χ0) is 27.6. The second-order valence-electron chi connectivity index (χ2n) is 8.07. The number of halogens is 2. The largest absolute Gasteiger partial charge is 1.00 e. The topological polar surface area (TPSA) is 140 Å². The summed E-state index contributed by atoms with van der Waals surface area (Å²) in [5, 5.41) is 25.5. The van der Waals surface area contributed by atoms with Crippen LogP contribution in [0.4, 0.5) is 17.1 Å². The Kier molecular flexibility index (Phi) is 10.0. The first kappa shape index (κ1) is 30.8. The third kappa shape index (κ3) is 6.72. The van der Waals surface area contributed by atoms with Crippen LogP contribution in [0.3, 0.4) is 0 Å². The smallest absolute Gasteiger partial charge is 0.870 e. The molecule has 0 aromatic heterocycles. The van der Waals surface area contributed by atoms with E-state index >= 15 is 0 Å². The standard InChI is InChI=1S/C26H21Cl2N3O6S.Na/c1-3-14-10-17(38(34,35)36)13-21(23(14)28)30-31-24-18-7-5-4-6-15(18)11-19(25(24)32)26(33)29-16-8-9-22(37-2)20(27)12-16;/h4-13,32H,3H2,1-2H3,(H,29,33)(H,34,35,36);/q;+1/p-1. The first-order valence-electron chi connectivity index (χ1n) is 11.1. The van der Waals surface area contributed by atoms with Gasteiger partial charge in [-0.3, -0.25) is 9.35 Å². The third-order valence-corrected chi connectivity index (χ3v) is 7.23. The van der Waals surface area contributed by atoms with Crippen molar-refractivity contribution in [2.24, 2.45) is 10.2 Å². The van der Waals surface area contributed by atoms with E-state index in [1.807, 2.05) is 0 Å². The Morgan fingerprint density at radius 1 is 1.08 bits per heavy atom. The molecule has 0 aliphatic rings. The fourth-order valence-corrected chi connectivity index (χ4v) is 4.83. The number of hydrogen-bond acceptors (Lipinski definition) is 7. The van der Waals surface area contributed by atoms with Crippen molar-refractivity contribution >= 4 is 67.1 Å². The Balaban J connectivity index is 0.00000420. The number of methoxy groups -OCH3 is 1. The number of carbonyl (C=O) groups excluding carboxylic acids is 1. The molecule has 4 aromatic carbocycles. The maximum Gasteiger partial charge on any atom is 1.00 e. The number of nitrogens with zero attached hydrogens (tertiary/aromatic N) is 2. The first-order valence-corrected chi connectivity index (χ1v) is 13.3. The van der Waals surface area contributed by atoms with Gasteiger partial charge in [-0.05, 0) is 53.8 Å². The average Bonchev–Trinajstić information content (AvgIpc) is 2.88. The Morgan fingerprint density at radius 3 is 2.44 bits per heavy atom. The predicted octanol–water partition coefficient (Wildman–Crippen LogP) is 3.71. The van der Waals surface area contributed by atoms with E-state index in [0.717, 1.165) is 6.07 Å². The van der Waals surface area contributed by atoms with Gasteiger partial charge in [-0.25, -0.2) is 0 Å². The number of amides is 1. The maximum absolute atomic E-state index is 13.4. The molecule has 39 heavy (non-hydrogen) atoms. The van der Waals surface area contributed by atoms with Crippen molar-refractivity contribution in [3.63, 3.8) is 0 Å². The van der Waals surface area contributed by atoms with Gasteiger partial charge in [0.1, 0.15) is 11.4 Å². The van der Waals surface area contributed by atoms with Gasteiger partial charge in [0, 0.05) is 16.6 Å². The molecular weight excluding hydrogens is 576 g/mol. The summed E-state index contributed by atoms with van der Waals surface area (Å²) >= 11 is 12.5. The molecule has 1 amide bonds. The molecule has 0 saturated heterocycles. The molecule has 0 aliphatic carbocycles. The maximum atomic E-state index is 13.4. The van der Waals surface area contributed by atoms with Crippen LogP contribution < -0.4 is 44.7 Å². The predicted molar refractivity (Wildman–Crippen MR) is 144 cm³/mol. The molecule has 0 bridgehead atoms. The van der Waals surface area contributed by atoms with Crippen molar-refractivity contribution in [1.29, 1.82) is 0 Å². The van der Waals surface area contributed by atoms with Crippen molar-refractivity contribution in [3.05, 3.63) is 81.8 Å². The van der Waals surface area contributed by atoms with Crippen molar-refractivity contribution in [1.82, 2.24) is 0 Å². The van der Waals surface area contributed by atoms with Crippen molar-refractivity contribution < 1.29 is 57.2 Å². The van der Waals surface area contributed by atoms with E-state index in [0.29, 0.717) is 34.2 Å². The summed E-state index contributed by atoms with van der Waals surface area (Å²) in [4.78, 5) is 12.7. The summed E-state index contributed by atoms with van der Waals surface area (Å²) in [5.74, 6) is -0.981.